The fourth-order valence-corrected chi connectivity index (χ4v) is 3.84. The number of allylic oxidation sites excluding steroid dienone is 1. The van der Waals surface area contributed by atoms with Crippen LogP contribution in [0.4, 0.5) is 5.13 Å². The lowest BCUT2D eigenvalue weighted by atomic mass is 10.1. The minimum Gasteiger partial charge on any atom is -0.302 e. The van der Waals surface area contributed by atoms with Crippen molar-refractivity contribution in [3.05, 3.63) is 64.9 Å². The Labute approximate surface area is 174 Å². The maximum absolute atomic E-state index is 12.3. The lowest BCUT2D eigenvalue weighted by Crippen LogP contribution is -2.17. The number of carbonyl (C=O) groups is 2. The smallest absolute Gasteiger partial charge is 0.233 e. The van der Waals surface area contributed by atoms with Crippen LogP contribution in [-0.2, 0) is 17.8 Å². The van der Waals surface area contributed by atoms with Crippen LogP contribution in [0.1, 0.15) is 16.2 Å². The largest absolute Gasteiger partial charge is 0.302 e. The van der Waals surface area contributed by atoms with Gasteiger partial charge in [0.1, 0.15) is 5.82 Å². The zero-order valence-corrected chi connectivity index (χ0v) is 17.1. The molecule has 0 aliphatic heterocycles. The van der Waals surface area contributed by atoms with Crippen molar-refractivity contribution >= 4 is 51.5 Å². The molecule has 0 aliphatic rings. The fourth-order valence-electron chi connectivity index (χ4n) is 2.31. The summed E-state index contributed by atoms with van der Waals surface area (Å²) in [5, 5.41) is 14.4. The van der Waals surface area contributed by atoms with E-state index in [9.17, 15) is 9.59 Å². The average molecular weight is 434 g/mol. The van der Waals surface area contributed by atoms with Gasteiger partial charge in [-0.2, -0.15) is 0 Å². The van der Waals surface area contributed by atoms with E-state index >= 15 is 0 Å². The Hall–Kier alpha value is -2.49. The number of nitrogens with zero attached hydrogens (tertiary/aromatic N) is 4. The van der Waals surface area contributed by atoms with E-state index in [1.165, 1.54) is 23.1 Å². The molecule has 7 nitrogen and oxygen atoms in total. The minimum absolute atomic E-state index is 0.0436. The number of halogens is 1. The van der Waals surface area contributed by atoms with Crippen LogP contribution in [0.25, 0.3) is 0 Å². The molecule has 3 aromatic rings. The maximum Gasteiger partial charge on any atom is 0.233 e. The molecule has 0 saturated carbocycles. The molecule has 3 rings (SSSR count). The van der Waals surface area contributed by atoms with E-state index in [1.807, 2.05) is 0 Å². The van der Waals surface area contributed by atoms with Crippen molar-refractivity contribution in [2.75, 3.05) is 11.1 Å². The van der Waals surface area contributed by atoms with Gasteiger partial charge in [0.15, 0.2) is 16.1 Å². The van der Waals surface area contributed by atoms with Crippen molar-refractivity contribution in [1.82, 2.24) is 19.7 Å². The summed E-state index contributed by atoms with van der Waals surface area (Å²) in [5.41, 5.74) is 0.578. The first-order valence-electron chi connectivity index (χ1n) is 8.20. The summed E-state index contributed by atoms with van der Waals surface area (Å²) in [6.07, 6.45) is 3.36. The summed E-state index contributed by atoms with van der Waals surface area (Å²) in [6, 6.07) is 6.74. The first-order chi connectivity index (χ1) is 13.6. The third-order valence-electron chi connectivity index (χ3n) is 3.60. The number of rotatable bonds is 9. The number of thiazole rings is 1. The van der Waals surface area contributed by atoms with Gasteiger partial charge in [-0.05, 0) is 24.3 Å². The number of aromatic nitrogens is 4. The van der Waals surface area contributed by atoms with Crippen molar-refractivity contribution in [2.45, 2.75) is 18.1 Å². The highest BCUT2D eigenvalue weighted by Crippen LogP contribution is 2.20. The van der Waals surface area contributed by atoms with Gasteiger partial charge < -0.3 is 9.88 Å². The molecule has 2 aromatic heterocycles. The summed E-state index contributed by atoms with van der Waals surface area (Å²) in [7, 11) is 0. The quantitative estimate of drug-likeness (QED) is 0.314. The summed E-state index contributed by atoms with van der Waals surface area (Å²) < 4.78 is 1.77. The number of anilines is 1. The fraction of sp³-hybridized carbons (Fsp3) is 0.167. The summed E-state index contributed by atoms with van der Waals surface area (Å²) in [5.74, 6) is 0.414. The Bertz CT molecular complexity index is 971. The lowest BCUT2D eigenvalue weighted by Gasteiger charge is -2.07. The zero-order chi connectivity index (χ0) is 19.9. The molecule has 0 saturated heterocycles. The Balaban J connectivity index is 1.66. The van der Waals surface area contributed by atoms with Gasteiger partial charge in [-0.1, -0.05) is 29.4 Å². The first kappa shape index (κ1) is 20.2. The van der Waals surface area contributed by atoms with Crippen LogP contribution in [0.2, 0.25) is 5.02 Å². The highest BCUT2D eigenvalue weighted by molar-refractivity contribution is 7.99. The molecule has 1 amide bonds. The van der Waals surface area contributed by atoms with Crippen LogP contribution in [0.5, 0.6) is 0 Å². The third kappa shape index (κ3) is 5.28. The SMILES string of the molecule is C=CCn1c(CC(=O)Nc2nccs2)nnc1SCC(=O)c1ccc(Cl)cc1. The number of carbonyl (C=O) groups excluding carboxylic acids is 2. The molecule has 0 bridgehead atoms. The van der Waals surface area contributed by atoms with E-state index in [-0.39, 0.29) is 23.9 Å². The lowest BCUT2D eigenvalue weighted by molar-refractivity contribution is -0.115. The Morgan fingerprint density at radius 1 is 1.29 bits per heavy atom. The number of ketones is 1. The highest BCUT2D eigenvalue weighted by atomic mass is 35.5. The topological polar surface area (TPSA) is 89.8 Å². The number of hydrogen-bond donors (Lipinski definition) is 1. The van der Waals surface area contributed by atoms with Gasteiger partial charge in [-0.15, -0.1) is 28.1 Å². The number of nitrogens with one attached hydrogen (secondary N) is 1. The molecular formula is C18H16ClN5O2S2. The van der Waals surface area contributed by atoms with Gasteiger partial charge in [0.2, 0.25) is 5.91 Å². The standard InChI is InChI=1S/C18H16ClN5O2S2/c1-2-8-24-15(10-16(26)21-17-20-7-9-27-17)22-23-18(24)28-11-14(25)12-3-5-13(19)6-4-12/h2-7,9H,1,8,10-11H2,(H,20,21,26). The van der Waals surface area contributed by atoms with E-state index in [0.717, 1.165) is 0 Å². The second-order valence-corrected chi connectivity index (χ2v) is 7.85. The van der Waals surface area contributed by atoms with Gasteiger partial charge in [0, 0.05) is 28.7 Å². The average Bonchev–Trinajstić information content (AvgIpc) is 3.31. The summed E-state index contributed by atoms with van der Waals surface area (Å²) in [6.45, 7) is 4.17. The van der Waals surface area contributed by atoms with E-state index < -0.39 is 0 Å². The number of Topliss-reactive ketones (excluding diaryl/α,β-unsaturated/α-hetero) is 1. The van der Waals surface area contributed by atoms with Crippen LogP contribution in [0, 0.1) is 0 Å². The van der Waals surface area contributed by atoms with E-state index in [0.29, 0.717) is 33.2 Å². The molecule has 1 N–H and O–H groups in total. The predicted molar refractivity (Wildman–Crippen MR) is 111 cm³/mol. The molecule has 0 unspecified atom stereocenters. The van der Waals surface area contributed by atoms with Crippen LogP contribution in [-0.4, -0.2) is 37.2 Å². The summed E-state index contributed by atoms with van der Waals surface area (Å²) in [4.78, 5) is 28.6. The molecule has 0 atom stereocenters. The van der Waals surface area contributed by atoms with Crippen molar-refractivity contribution in [3.8, 4) is 0 Å². The van der Waals surface area contributed by atoms with Crippen LogP contribution >= 0.6 is 34.7 Å². The van der Waals surface area contributed by atoms with E-state index in [2.05, 4.69) is 27.1 Å². The molecule has 0 spiro atoms. The molecule has 2 heterocycles. The van der Waals surface area contributed by atoms with Crippen molar-refractivity contribution in [3.63, 3.8) is 0 Å². The molecule has 10 heteroatoms. The van der Waals surface area contributed by atoms with E-state index in [1.54, 1.807) is 46.5 Å². The molecule has 0 fully saturated rings. The van der Waals surface area contributed by atoms with Crippen molar-refractivity contribution in [1.29, 1.82) is 0 Å². The van der Waals surface area contributed by atoms with Crippen LogP contribution in [0.15, 0.2) is 53.7 Å². The predicted octanol–water partition coefficient (Wildman–Crippen LogP) is 3.73. The zero-order valence-electron chi connectivity index (χ0n) is 14.7. The molecule has 0 aliphatic carbocycles. The van der Waals surface area contributed by atoms with Crippen molar-refractivity contribution in [2.24, 2.45) is 0 Å². The molecule has 0 radical (unpaired) electrons. The number of benzene rings is 1. The molecule has 28 heavy (non-hydrogen) atoms. The van der Waals surface area contributed by atoms with Gasteiger partial charge in [0.25, 0.3) is 0 Å². The number of hydrogen-bond acceptors (Lipinski definition) is 7. The Morgan fingerprint density at radius 2 is 2.07 bits per heavy atom. The molecule has 1 aromatic carbocycles. The van der Waals surface area contributed by atoms with Gasteiger partial charge in [-0.3, -0.25) is 9.59 Å². The minimum atomic E-state index is -0.235. The van der Waals surface area contributed by atoms with Gasteiger partial charge >= 0.3 is 0 Å². The van der Waals surface area contributed by atoms with Crippen LogP contribution < -0.4 is 5.32 Å². The van der Waals surface area contributed by atoms with Crippen LogP contribution in [0.3, 0.4) is 0 Å². The number of amides is 1. The van der Waals surface area contributed by atoms with Crippen molar-refractivity contribution < 1.29 is 9.59 Å². The summed E-state index contributed by atoms with van der Waals surface area (Å²) >= 11 is 8.45. The third-order valence-corrected chi connectivity index (χ3v) is 5.51. The highest BCUT2D eigenvalue weighted by Gasteiger charge is 2.17. The maximum atomic E-state index is 12.3. The molecular weight excluding hydrogens is 418 g/mol. The Morgan fingerprint density at radius 3 is 2.75 bits per heavy atom. The monoisotopic (exact) mass is 433 g/mol. The Kier molecular flexibility index (Phi) is 6.96. The van der Waals surface area contributed by atoms with Gasteiger partial charge in [0.05, 0.1) is 12.2 Å². The van der Waals surface area contributed by atoms with E-state index in [4.69, 9.17) is 11.6 Å². The normalized spacial score (nSPS) is 10.6. The number of thioether (sulfide) groups is 1. The molecule has 144 valence electrons. The van der Waals surface area contributed by atoms with Gasteiger partial charge in [-0.25, -0.2) is 4.98 Å². The second kappa shape index (κ2) is 9.63. The second-order valence-electron chi connectivity index (χ2n) is 5.58. The first-order valence-corrected chi connectivity index (χ1v) is 10.4.